The van der Waals surface area contributed by atoms with Crippen LogP contribution in [0.15, 0.2) is 6.20 Å². The molecule has 0 aliphatic rings. The van der Waals surface area contributed by atoms with Crippen LogP contribution in [0.1, 0.15) is 24.7 Å². The van der Waals surface area contributed by atoms with Gasteiger partial charge in [-0.1, -0.05) is 6.92 Å². The maximum atomic E-state index is 5.50. The molecule has 4 nitrogen and oxygen atoms in total. The van der Waals surface area contributed by atoms with Crippen LogP contribution in [0.25, 0.3) is 0 Å². The van der Waals surface area contributed by atoms with Gasteiger partial charge in [-0.05, 0) is 19.4 Å². The monoisotopic (exact) mass is 208 g/mol. The lowest BCUT2D eigenvalue weighted by Crippen LogP contribution is -2.15. The number of aryl methyl sites for hydroxylation is 2. The predicted molar refractivity (Wildman–Crippen MR) is 63.1 cm³/mol. The molecule has 1 heterocycles. The summed E-state index contributed by atoms with van der Waals surface area (Å²) in [5, 5.41) is 0. The van der Waals surface area contributed by atoms with Crippen LogP contribution in [0.4, 0.5) is 5.82 Å². The van der Waals surface area contributed by atoms with Gasteiger partial charge in [0, 0.05) is 32.3 Å². The van der Waals surface area contributed by atoms with Crippen molar-refractivity contribution in [2.24, 2.45) is 5.73 Å². The van der Waals surface area contributed by atoms with Crippen molar-refractivity contribution in [1.29, 1.82) is 0 Å². The molecule has 0 radical (unpaired) electrons. The molecule has 0 bridgehead atoms. The van der Waals surface area contributed by atoms with E-state index in [0.29, 0.717) is 6.54 Å². The summed E-state index contributed by atoms with van der Waals surface area (Å²) in [6, 6.07) is 0. The predicted octanol–water partition coefficient (Wildman–Crippen LogP) is 0.996. The minimum Gasteiger partial charge on any atom is -0.362 e. The lowest BCUT2D eigenvalue weighted by atomic mass is 10.1. The van der Waals surface area contributed by atoms with Crippen LogP contribution in [0.2, 0.25) is 0 Å². The average Bonchev–Trinajstić information content (AvgIpc) is 2.26. The quantitative estimate of drug-likeness (QED) is 0.784. The number of nitrogens with zero attached hydrogens (tertiary/aromatic N) is 3. The minimum atomic E-state index is 0.711. The molecule has 0 unspecified atom stereocenters. The third kappa shape index (κ3) is 3.16. The van der Waals surface area contributed by atoms with Gasteiger partial charge in [0.2, 0.25) is 0 Å². The van der Waals surface area contributed by atoms with Crippen molar-refractivity contribution < 1.29 is 0 Å². The van der Waals surface area contributed by atoms with Gasteiger partial charge in [0.1, 0.15) is 11.6 Å². The second-order valence-electron chi connectivity index (χ2n) is 3.78. The summed E-state index contributed by atoms with van der Waals surface area (Å²) in [4.78, 5) is 10.9. The van der Waals surface area contributed by atoms with E-state index in [1.165, 1.54) is 5.56 Å². The Hall–Kier alpha value is -1.16. The first-order chi connectivity index (χ1) is 7.19. The summed E-state index contributed by atoms with van der Waals surface area (Å²) in [5.74, 6) is 1.92. The standard InChI is InChI=1S/C11H20N4/c1-4-10-13-8-9(6-5-7-12)11(14-10)15(2)3/h8H,4-7,12H2,1-3H3. The van der Waals surface area contributed by atoms with E-state index in [0.717, 1.165) is 30.9 Å². The number of aromatic nitrogens is 2. The van der Waals surface area contributed by atoms with Gasteiger partial charge in [-0.15, -0.1) is 0 Å². The van der Waals surface area contributed by atoms with E-state index in [2.05, 4.69) is 16.9 Å². The average molecular weight is 208 g/mol. The Kier molecular flexibility index (Phi) is 4.49. The van der Waals surface area contributed by atoms with Crippen LogP contribution in [-0.2, 0) is 12.8 Å². The van der Waals surface area contributed by atoms with Crippen LogP contribution >= 0.6 is 0 Å². The zero-order chi connectivity index (χ0) is 11.3. The van der Waals surface area contributed by atoms with Gasteiger partial charge in [0.15, 0.2) is 0 Å². The SMILES string of the molecule is CCc1ncc(CCCN)c(N(C)C)n1. The summed E-state index contributed by atoms with van der Waals surface area (Å²) in [7, 11) is 4.02. The highest BCUT2D eigenvalue weighted by atomic mass is 15.1. The van der Waals surface area contributed by atoms with Crippen molar-refractivity contribution in [2.75, 3.05) is 25.5 Å². The highest BCUT2D eigenvalue weighted by molar-refractivity contribution is 5.44. The first kappa shape index (κ1) is 11.9. The number of anilines is 1. The molecular formula is C11H20N4. The molecule has 0 saturated heterocycles. The van der Waals surface area contributed by atoms with E-state index in [1.54, 1.807) is 0 Å². The fourth-order valence-corrected chi connectivity index (χ4v) is 1.46. The second-order valence-corrected chi connectivity index (χ2v) is 3.78. The van der Waals surface area contributed by atoms with Gasteiger partial charge >= 0.3 is 0 Å². The van der Waals surface area contributed by atoms with Crippen molar-refractivity contribution in [1.82, 2.24) is 9.97 Å². The zero-order valence-electron chi connectivity index (χ0n) is 9.82. The van der Waals surface area contributed by atoms with Gasteiger partial charge in [-0.3, -0.25) is 0 Å². The van der Waals surface area contributed by atoms with Crippen LogP contribution in [0, 0.1) is 0 Å². The normalized spacial score (nSPS) is 10.4. The number of hydrogen-bond donors (Lipinski definition) is 1. The molecule has 15 heavy (non-hydrogen) atoms. The molecule has 2 N–H and O–H groups in total. The summed E-state index contributed by atoms with van der Waals surface area (Å²) < 4.78 is 0. The Balaban J connectivity index is 2.93. The van der Waals surface area contributed by atoms with Crippen LogP contribution in [0.5, 0.6) is 0 Å². The lowest BCUT2D eigenvalue weighted by Gasteiger charge is -2.16. The smallest absolute Gasteiger partial charge is 0.134 e. The molecule has 0 spiro atoms. The van der Waals surface area contributed by atoms with E-state index < -0.39 is 0 Å². The highest BCUT2D eigenvalue weighted by Crippen LogP contribution is 2.16. The first-order valence-corrected chi connectivity index (χ1v) is 5.41. The van der Waals surface area contributed by atoms with Gasteiger partial charge < -0.3 is 10.6 Å². The van der Waals surface area contributed by atoms with E-state index >= 15 is 0 Å². The van der Waals surface area contributed by atoms with E-state index in [4.69, 9.17) is 5.73 Å². The summed E-state index contributed by atoms with van der Waals surface area (Å²) in [5.41, 5.74) is 6.69. The van der Waals surface area contributed by atoms with Crippen molar-refractivity contribution in [3.8, 4) is 0 Å². The Bertz CT molecular complexity index is 309. The lowest BCUT2D eigenvalue weighted by molar-refractivity contribution is 0.806. The summed E-state index contributed by atoms with van der Waals surface area (Å²) >= 11 is 0. The molecule has 1 aromatic rings. The number of rotatable bonds is 5. The van der Waals surface area contributed by atoms with Gasteiger partial charge in [0.25, 0.3) is 0 Å². The third-order valence-electron chi connectivity index (χ3n) is 2.28. The first-order valence-electron chi connectivity index (χ1n) is 5.41. The zero-order valence-corrected chi connectivity index (χ0v) is 9.82. The molecule has 1 rings (SSSR count). The Morgan fingerprint density at radius 2 is 2.13 bits per heavy atom. The number of nitrogens with two attached hydrogens (primary N) is 1. The van der Waals surface area contributed by atoms with E-state index in [1.807, 2.05) is 25.2 Å². The van der Waals surface area contributed by atoms with Crippen LogP contribution < -0.4 is 10.6 Å². The molecule has 0 saturated carbocycles. The van der Waals surface area contributed by atoms with Crippen molar-refractivity contribution in [2.45, 2.75) is 26.2 Å². The van der Waals surface area contributed by atoms with Gasteiger partial charge in [-0.25, -0.2) is 9.97 Å². The Morgan fingerprint density at radius 3 is 2.67 bits per heavy atom. The Labute approximate surface area is 91.5 Å². The molecule has 0 atom stereocenters. The van der Waals surface area contributed by atoms with Crippen molar-refractivity contribution in [3.05, 3.63) is 17.6 Å². The van der Waals surface area contributed by atoms with E-state index in [-0.39, 0.29) is 0 Å². The largest absolute Gasteiger partial charge is 0.362 e. The van der Waals surface area contributed by atoms with Crippen LogP contribution in [0.3, 0.4) is 0 Å². The summed E-state index contributed by atoms with van der Waals surface area (Å²) in [6.07, 6.45) is 4.73. The molecule has 84 valence electrons. The maximum absolute atomic E-state index is 5.50. The van der Waals surface area contributed by atoms with Crippen molar-refractivity contribution in [3.63, 3.8) is 0 Å². The molecule has 0 fully saturated rings. The fraction of sp³-hybridized carbons (Fsp3) is 0.636. The topological polar surface area (TPSA) is 55.0 Å². The summed E-state index contributed by atoms with van der Waals surface area (Å²) in [6.45, 7) is 2.77. The second kappa shape index (κ2) is 5.66. The molecule has 0 aliphatic carbocycles. The molecule has 1 aromatic heterocycles. The Morgan fingerprint density at radius 1 is 1.40 bits per heavy atom. The van der Waals surface area contributed by atoms with E-state index in [9.17, 15) is 0 Å². The van der Waals surface area contributed by atoms with Gasteiger partial charge in [-0.2, -0.15) is 0 Å². The molecular weight excluding hydrogens is 188 g/mol. The molecule has 0 aliphatic heterocycles. The fourth-order valence-electron chi connectivity index (χ4n) is 1.46. The molecule has 4 heteroatoms. The molecule has 0 amide bonds. The maximum Gasteiger partial charge on any atom is 0.134 e. The third-order valence-corrected chi connectivity index (χ3v) is 2.28. The van der Waals surface area contributed by atoms with Gasteiger partial charge in [0.05, 0.1) is 0 Å². The highest BCUT2D eigenvalue weighted by Gasteiger charge is 2.07. The number of hydrogen-bond acceptors (Lipinski definition) is 4. The molecule has 0 aromatic carbocycles. The van der Waals surface area contributed by atoms with Crippen LogP contribution in [-0.4, -0.2) is 30.6 Å². The van der Waals surface area contributed by atoms with Crippen molar-refractivity contribution >= 4 is 5.82 Å². The minimum absolute atomic E-state index is 0.711.